The van der Waals surface area contributed by atoms with Gasteiger partial charge in [-0.25, -0.2) is 0 Å². The zero-order chi connectivity index (χ0) is 13.2. The molecule has 1 aromatic carbocycles. The Balaban J connectivity index is 1.62. The van der Waals surface area contributed by atoms with E-state index in [0.29, 0.717) is 12.5 Å². The monoisotopic (exact) mass is 260 g/mol. The van der Waals surface area contributed by atoms with Crippen LogP contribution >= 0.6 is 0 Å². The summed E-state index contributed by atoms with van der Waals surface area (Å²) in [6.45, 7) is 5.56. The second-order valence-electron chi connectivity index (χ2n) is 5.30. The van der Waals surface area contributed by atoms with Gasteiger partial charge in [-0.2, -0.15) is 0 Å². The number of anilines is 1. The van der Waals surface area contributed by atoms with Crippen LogP contribution in [0.3, 0.4) is 0 Å². The van der Waals surface area contributed by atoms with Crippen LogP contribution in [0.2, 0.25) is 0 Å². The average Bonchev–Trinajstić information content (AvgIpc) is 2.79. The molecule has 19 heavy (non-hydrogen) atoms. The molecule has 102 valence electrons. The third-order valence-electron chi connectivity index (χ3n) is 3.99. The Morgan fingerprint density at radius 3 is 2.89 bits per heavy atom. The molecule has 2 aliphatic heterocycles. The number of carbonyl (C=O) groups excluding carboxylic acids is 1. The van der Waals surface area contributed by atoms with E-state index in [9.17, 15) is 4.79 Å². The largest absolute Gasteiger partial charge is 0.490 e. The zero-order valence-electron chi connectivity index (χ0n) is 11.3. The maximum absolute atomic E-state index is 11.3. The number of hydrogen-bond acceptors (Lipinski definition) is 3. The normalized spacial score (nSPS) is 20.2. The van der Waals surface area contributed by atoms with Crippen LogP contribution in [0, 0.1) is 0 Å². The fourth-order valence-corrected chi connectivity index (χ4v) is 2.81. The van der Waals surface area contributed by atoms with Crippen molar-refractivity contribution in [3.8, 4) is 5.75 Å². The summed E-state index contributed by atoms with van der Waals surface area (Å²) in [7, 11) is 0. The molecule has 0 spiro atoms. The van der Waals surface area contributed by atoms with Gasteiger partial charge < -0.3 is 15.0 Å². The van der Waals surface area contributed by atoms with E-state index < -0.39 is 0 Å². The number of fused-ring (bicyclic) bond motifs is 1. The number of piperidine rings is 1. The lowest BCUT2D eigenvalue weighted by Crippen LogP contribution is -2.37. The second kappa shape index (κ2) is 5.21. The van der Waals surface area contributed by atoms with Gasteiger partial charge in [-0.15, -0.1) is 0 Å². The summed E-state index contributed by atoms with van der Waals surface area (Å²) in [5, 5.41) is 2.84. The Bertz CT molecular complexity index is 479. The van der Waals surface area contributed by atoms with Gasteiger partial charge in [0.15, 0.2) is 0 Å². The number of ether oxygens (including phenoxy) is 1. The highest BCUT2D eigenvalue weighted by atomic mass is 16.5. The molecule has 2 aliphatic rings. The molecule has 4 nitrogen and oxygen atoms in total. The molecule has 3 rings (SSSR count). The highest BCUT2D eigenvalue weighted by molar-refractivity contribution is 5.99. The number of nitrogens with zero attached hydrogens (tertiary/aromatic N) is 1. The first-order chi connectivity index (χ1) is 9.24. The molecule has 0 unspecified atom stereocenters. The van der Waals surface area contributed by atoms with Crippen LogP contribution in [0.4, 0.5) is 5.69 Å². The fraction of sp³-hybridized carbons (Fsp3) is 0.533. The topological polar surface area (TPSA) is 41.6 Å². The lowest BCUT2D eigenvalue weighted by molar-refractivity contribution is -0.115. The number of rotatable bonds is 3. The molecule has 0 bridgehead atoms. The third-order valence-corrected chi connectivity index (χ3v) is 3.99. The van der Waals surface area contributed by atoms with E-state index >= 15 is 0 Å². The summed E-state index contributed by atoms with van der Waals surface area (Å²) < 4.78 is 6.04. The first-order valence-corrected chi connectivity index (χ1v) is 7.06. The van der Waals surface area contributed by atoms with E-state index in [0.717, 1.165) is 49.5 Å². The van der Waals surface area contributed by atoms with Crippen molar-refractivity contribution in [2.45, 2.75) is 32.3 Å². The molecule has 1 aromatic rings. The average molecular weight is 260 g/mol. The summed E-state index contributed by atoms with van der Waals surface area (Å²) in [6, 6.07) is 5.90. The smallest absolute Gasteiger partial charge is 0.228 e. The van der Waals surface area contributed by atoms with Crippen molar-refractivity contribution >= 4 is 11.6 Å². The maximum atomic E-state index is 11.3. The van der Waals surface area contributed by atoms with Crippen molar-refractivity contribution in [2.75, 3.05) is 25.0 Å². The van der Waals surface area contributed by atoms with E-state index in [4.69, 9.17) is 4.74 Å². The Morgan fingerprint density at radius 2 is 2.16 bits per heavy atom. The molecular formula is C15H20N2O2. The van der Waals surface area contributed by atoms with Gasteiger partial charge in [-0.1, -0.05) is 6.92 Å². The van der Waals surface area contributed by atoms with E-state index in [1.807, 2.05) is 18.2 Å². The second-order valence-corrected chi connectivity index (χ2v) is 5.30. The van der Waals surface area contributed by atoms with Crippen LogP contribution in [0.15, 0.2) is 18.2 Å². The summed E-state index contributed by atoms with van der Waals surface area (Å²) in [4.78, 5) is 13.8. The number of benzene rings is 1. The maximum Gasteiger partial charge on any atom is 0.228 e. The molecule has 0 atom stereocenters. The van der Waals surface area contributed by atoms with Gasteiger partial charge in [0.25, 0.3) is 0 Å². The molecule has 0 radical (unpaired) electrons. The van der Waals surface area contributed by atoms with Crippen molar-refractivity contribution < 1.29 is 9.53 Å². The third kappa shape index (κ3) is 2.73. The number of nitrogens with one attached hydrogen (secondary N) is 1. The molecule has 0 aliphatic carbocycles. The highest BCUT2D eigenvalue weighted by Gasteiger charge is 2.21. The van der Waals surface area contributed by atoms with Crippen LogP contribution in [0.5, 0.6) is 5.75 Å². The van der Waals surface area contributed by atoms with Crippen LogP contribution in [-0.2, 0) is 11.2 Å². The minimum absolute atomic E-state index is 0.0726. The molecule has 1 amide bonds. The quantitative estimate of drug-likeness (QED) is 0.904. The molecule has 1 N–H and O–H groups in total. The highest BCUT2D eigenvalue weighted by Crippen LogP contribution is 2.28. The molecule has 2 heterocycles. The number of hydrogen-bond donors (Lipinski definition) is 1. The minimum atomic E-state index is 0.0726. The molecule has 1 saturated heterocycles. The summed E-state index contributed by atoms with van der Waals surface area (Å²) in [5.74, 6) is 0.966. The van der Waals surface area contributed by atoms with Crippen LogP contribution < -0.4 is 10.1 Å². The number of carbonyl (C=O) groups is 1. The summed E-state index contributed by atoms with van der Waals surface area (Å²) in [5.41, 5.74) is 1.98. The van der Waals surface area contributed by atoms with Crippen molar-refractivity contribution in [1.29, 1.82) is 0 Å². The summed E-state index contributed by atoms with van der Waals surface area (Å²) >= 11 is 0. The Kier molecular flexibility index (Phi) is 3.42. The van der Waals surface area contributed by atoms with Crippen LogP contribution in [-0.4, -0.2) is 36.5 Å². The van der Waals surface area contributed by atoms with Crippen molar-refractivity contribution in [1.82, 2.24) is 4.90 Å². The molecular weight excluding hydrogens is 240 g/mol. The molecule has 0 aromatic heterocycles. The molecule has 1 fully saturated rings. The lowest BCUT2D eigenvalue weighted by atomic mass is 10.1. The lowest BCUT2D eigenvalue weighted by Gasteiger charge is -2.31. The van der Waals surface area contributed by atoms with Gasteiger partial charge in [0.05, 0.1) is 6.42 Å². The van der Waals surface area contributed by atoms with Gasteiger partial charge in [0, 0.05) is 18.8 Å². The van der Waals surface area contributed by atoms with E-state index in [-0.39, 0.29) is 5.91 Å². The van der Waals surface area contributed by atoms with Gasteiger partial charge in [-0.05, 0) is 43.1 Å². The van der Waals surface area contributed by atoms with E-state index in [1.54, 1.807) is 0 Å². The summed E-state index contributed by atoms with van der Waals surface area (Å²) in [6.07, 6.45) is 2.95. The number of amides is 1. The van der Waals surface area contributed by atoms with Crippen molar-refractivity contribution in [3.05, 3.63) is 23.8 Å². The Labute approximate surface area is 113 Å². The standard InChI is InChI=1S/C15H20N2O2/c1-2-17-7-5-12(6-8-17)19-13-3-4-14-11(9-13)10-15(18)16-14/h3-4,9,12H,2,5-8,10H2,1H3,(H,16,18). The fourth-order valence-electron chi connectivity index (χ4n) is 2.81. The van der Waals surface area contributed by atoms with Gasteiger partial charge in [-0.3, -0.25) is 4.79 Å². The predicted molar refractivity (Wildman–Crippen MR) is 74.5 cm³/mol. The zero-order valence-corrected chi connectivity index (χ0v) is 11.3. The molecule has 4 heteroatoms. The SMILES string of the molecule is CCN1CCC(Oc2ccc3c(c2)CC(=O)N3)CC1. The van der Waals surface area contributed by atoms with E-state index in [1.165, 1.54) is 0 Å². The van der Waals surface area contributed by atoms with Crippen LogP contribution in [0.1, 0.15) is 25.3 Å². The Hall–Kier alpha value is -1.55. The predicted octanol–water partition coefficient (Wildman–Crippen LogP) is 2.04. The Morgan fingerprint density at radius 1 is 1.37 bits per heavy atom. The van der Waals surface area contributed by atoms with Gasteiger partial charge in [0.2, 0.25) is 5.91 Å². The first kappa shape index (κ1) is 12.5. The van der Waals surface area contributed by atoms with Gasteiger partial charge in [0.1, 0.15) is 11.9 Å². The number of likely N-dealkylation sites (tertiary alicyclic amines) is 1. The van der Waals surface area contributed by atoms with Gasteiger partial charge >= 0.3 is 0 Å². The van der Waals surface area contributed by atoms with Crippen LogP contribution in [0.25, 0.3) is 0 Å². The first-order valence-electron chi connectivity index (χ1n) is 7.06. The molecule has 0 saturated carbocycles. The van der Waals surface area contributed by atoms with Crippen molar-refractivity contribution in [3.63, 3.8) is 0 Å². The van der Waals surface area contributed by atoms with Crippen molar-refractivity contribution in [2.24, 2.45) is 0 Å². The van der Waals surface area contributed by atoms with E-state index in [2.05, 4.69) is 17.1 Å². The minimum Gasteiger partial charge on any atom is -0.490 e.